The van der Waals surface area contributed by atoms with Crippen LogP contribution in [0, 0.1) is 5.92 Å². The maximum absolute atomic E-state index is 12.6. The normalized spacial score (nSPS) is 16.2. The van der Waals surface area contributed by atoms with Crippen molar-refractivity contribution in [3.8, 4) is 0 Å². The fourth-order valence-electron chi connectivity index (χ4n) is 2.90. The van der Waals surface area contributed by atoms with Crippen LogP contribution in [0.2, 0.25) is 0 Å². The van der Waals surface area contributed by atoms with Crippen molar-refractivity contribution in [1.82, 2.24) is 5.32 Å². The van der Waals surface area contributed by atoms with E-state index in [2.05, 4.69) is 22.9 Å². The highest BCUT2D eigenvalue weighted by atomic mass is 32.1. The molecular weight excluding hydrogens is 322 g/mol. The van der Waals surface area contributed by atoms with Gasteiger partial charge in [0, 0.05) is 28.7 Å². The van der Waals surface area contributed by atoms with Crippen molar-refractivity contribution in [3.63, 3.8) is 0 Å². The van der Waals surface area contributed by atoms with E-state index in [1.54, 1.807) is 42.6 Å². The molecule has 3 amide bonds. The third kappa shape index (κ3) is 3.59. The van der Waals surface area contributed by atoms with Gasteiger partial charge in [-0.05, 0) is 55.0 Å². The van der Waals surface area contributed by atoms with Gasteiger partial charge in [-0.3, -0.25) is 4.79 Å². The average molecular weight is 343 g/mol. The van der Waals surface area contributed by atoms with E-state index in [-0.39, 0.29) is 11.9 Å². The lowest BCUT2D eigenvalue weighted by Gasteiger charge is -2.18. The zero-order valence-corrected chi connectivity index (χ0v) is 14.6. The van der Waals surface area contributed by atoms with Gasteiger partial charge in [0.2, 0.25) is 0 Å². The number of anilines is 2. The second kappa shape index (κ2) is 7.05. The van der Waals surface area contributed by atoms with Crippen LogP contribution in [0.5, 0.6) is 0 Å². The predicted molar refractivity (Wildman–Crippen MR) is 98.0 cm³/mol. The Morgan fingerprint density at radius 1 is 1.12 bits per heavy atom. The minimum atomic E-state index is -0.272. The molecule has 3 N–H and O–H groups in total. The Bertz CT molecular complexity index is 752. The number of thiophene rings is 1. The van der Waals surface area contributed by atoms with Crippen molar-refractivity contribution in [2.24, 2.45) is 5.92 Å². The van der Waals surface area contributed by atoms with Crippen molar-refractivity contribution >= 4 is 34.6 Å². The van der Waals surface area contributed by atoms with Gasteiger partial charge in [-0.25, -0.2) is 4.79 Å². The van der Waals surface area contributed by atoms with Crippen LogP contribution in [0.15, 0.2) is 29.6 Å². The van der Waals surface area contributed by atoms with Gasteiger partial charge in [0.25, 0.3) is 5.91 Å². The van der Waals surface area contributed by atoms with Gasteiger partial charge in [-0.1, -0.05) is 6.92 Å². The van der Waals surface area contributed by atoms with Crippen LogP contribution in [-0.2, 0) is 12.8 Å². The molecule has 1 atom stereocenters. The van der Waals surface area contributed by atoms with E-state index in [0.29, 0.717) is 17.3 Å². The van der Waals surface area contributed by atoms with Gasteiger partial charge >= 0.3 is 6.03 Å². The first-order chi connectivity index (χ1) is 11.6. The van der Waals surface area contributed by atoms with Gasteiger partial charge in [0.1, 0.15) is 0 Å². The quantitative estimate of drug-likeness (QED) is 0.791. The van der Waals surface area contributed by atoms with E-state index in [9.17, 15) is 9.59 Å². The first kappa shape index (κ1) is 16.5. The van der Waals surface area contributed by atoms with E-state index in [0.717, 1.165) is 24.8 Å². The molecule has 1 aromatic heterocycles. The molecule has 0 aliphatic heterocycles. The van der Waals surface area contributed by atoms with Crippen LogP contribution < -0.4 is 16.0 Å². The molecule has 24 heavy (non-hydrogen) atoms. The van der Waals surface area contributed by atoms with Crippen LogP contribution in [0.4, 0.5) is 16.2 Å². The zero-order valence-electron chi connectivity index (χ0n) is 13.8. The van der Waals surface area contributed by atoms with Crippen molar-refractivity contribution in [2.75, 3.05) is 17.7 Å². The number of nitrogens with one attached hydrogen (secondary N) is 3. The number of benzene rings is 1. The number of hydrogen-bond acceptors (Lipinski definition) is 3. The minimum absolute atomic E-state index is 0.0611. The van der Waals surface area contributed by atoms with Gasteiger partial charge in [-0.2, -0.15) is 0 Å². The SMILES string of the molecule is CNC(=O)Nc1ccc(NC(=O)c2csc3c2CCC(C)C3)cc1. The maximum Gasteiger partial charge on any atom is 0.318 e. The second-order valence-corrected chi connectivity index (χ2v) is 7.10. The lowest BCUT2D eigenvalue weighted by atomic mass is 9.88. The van der Waals surface area contributed by atoms with Gasteiger partial charge in [0.15, 0.2) is 0 Å². The number of hydrogen-bond donors (Lipinski definition) is 3. The van der Waals surface area contributed by atoms with Crippen LogP contribution in [0.25, 0.3) is 0 Å². The molecule has 126 valence electrons. The van der Waals surface area contributed by atoms with Gasteiger partial charge in [-0.15, -0.1) is 11.3 Å². The fourth-order valence-corrected chi connectivity index (χ4v) is 4.14. The summed E-state index contributed by atoms with van der Waals surface area (Å²) in [5.74, 6) is 0.640. The first-order valence-electron chi connectivity index (χ1n) is 8.06. The molecule has 0 bridgehead atoms. The Balaban J connectivity index is 1.68. The Labute approximate surface area is 145 Å². The molecule has 1 unspecified atom stereocenters. The number of carbonyl (C=O) groups is 2. The van der Waals surface area contributed by atoms with Gasteiger partial charge in [0.05, 0.1) is 5.56 Å². The summed E-state index contributed by atoms with van der Waals surface area (Å²) >= 11 is 1.69. The Morgan fingerprint density at radius 2 is 1.79 bits per heavy atom. The summed E-state index contributed by atoms with van der Waals surface area (Å²) in [4.78, 5) is 25.2. The van der Waals surface area contributed by atoms with E-state index in [1.807, 2.05) is 5.38 Å². The monoisotopic (exact) mass is 343 g/mol. The van der Waals surface area contributed by atoms with E-state index in [4.69, 9.17) is 0 Å². The smallest absolute Gasteiger partial charge is 0.318 e. The number of fused-ring (bicyclic) bond motifs is 1. The van der Waals surface area contributed by atoms with E-state index < -0.39 is 0 Å². The molecule has 0 saturated carbocycles. The fraction of sp³-hybridized carbons (Fsp3) is 0.333. The van der Waals surface area contributed by atoms with Gasteiger partial charge < -0.3 is 16.0 Å². The zero-order chi connectivity index (χ0) is 17.1. The molecule has 3 rings (SSSR count). The summed E-state index contributed by atoms with van der Waals surface area (Å²) in [5, 5.41) is 10.1. The topological polar surface area (TPSA) is 70.2 Å². The Hall–Kier alpha value is -2.34. The molecule has 1 heterocycles. The molecule has 1 aromatic carbocycles. The molecule has 0 radical (unpaired) electrons. The summed E-state index contributed by atoms with van der Waals surface area (Å²) in [5.41, 5.74) is 3.41. The molecule has 5 nitrogen and oxygen atoms in total. The second-order valence-electron chi connectivity index (χ2n) is 6.13. The molecule has 2 aromatic rings. The summed E-state index contributed by atoms with van der Waals surface area (Å²) in [6.45, 7) is 2.26. The number of rotatable bonds is 3. The van der Waals surface area contributed by atoms with Crippen LogP contribution in [0.3, 0.4) is 0 Å². The minimum Gasteiger partial charge on any atom is -0.341 e. The summed E-state index contributed by atoms with van der Waals surface area (Å²) < 4.78 is 0. The molecule has 6 heteroatoms. The first-order valence-corrected chi connectivity index (χ1v) is 8.94. The van der Waals surface area contributed by atoms with E-state index >= 15 is 0 Å². The van der Waals surface area contributed by atoms with Crippen LogP contribution in [-0.4, -0.2) is 19.0 Å². The molecule has 0 saturated heterocycles. The third-order valence-electron chi connectivity index (χ3n) is 4.27. The van der Waals surface area contributed by atoms with Crippen molar-refractivity contribution in [3.05, 3.63) is 45.6 Å². The highest BCUT2D eigenvalue weighted by molar-refractivity contribution is 7.10. The molecular formula is C18H21N3O2S. The molecule has 0 fully saturated rings. The number of amides is 3. The standard InChI is InChI=1S/C18H21N3O2S/c1-11-3-8-14-15(10-24-16(14)9-11)17(22)20-12-4-6-13(7-5-12)21-18(23)19-2/h4-7,10-11H,3,8-9H2,1-2H3,(H,20,22)(H2,19,21,23). The Morgan fingerprint density at radius 3 is 2.46 bits per heavy atom. The molecule has 0 spiro atoms. The largest absolute Gasteiger partial charge is 0.341 e. The number of urea groups is 1. The summed E-state index contributed by atoms with van der Waals surface area (Å²) in [6.07, 6.45) is 3.20. The highest BCUT2D eigenvalue weighted by Crippen LogP contribution is 2.33. The lowest BCUT2D eigenvalue weighted by molar-refractivity contribution is 0.102. The van der Waals surface area contributed by atoms with Crippen LogP contribution >= 0.6 is 11.3 Å². The van der Waals surface area contributed by atoms with Crippen LogP contribution in [0.1, 0.15) is 34.1 Å². The van der Waals surface area contributed by atoms with Crippen molar-refractivity contribution in [1.29, 1.82) is 0 Å². The van der Waals surface area contributed by atoms with Crippen molar-refractivity contribution in [2.45, 2.75) is 26.2 Å². The maximum atomic E-state index is 12.6. The lowest BCUT2D eigenvalue weighted by Crippen LogP contribution is -2.24. The van der Waals surface area contributed by atoms with E-state index in [1.165, 1.54) is 10.4 Å². The summed E-state index contributed by atoms with van der Waals surface area (Å²) in [7, 11) is 1.56. The Kier molecular flexibility index (Phi) is 4.85. The molecule has 1 aliphatic rings. The number of carbonyl (C=O) groups excluding carboxylic acids is 2. The average Bonchev–Trinajstić information content (AvgIpc) is 2.99. The highest BCUT2D eigenvalue weighted by Gasteiger charge is 2.23. The molecule has 1 aliphatic carbocycles. The third-order valence-corrected chi connectivity index (χ3v) is 5.33. The predicted octanol–water partition coefficient (Wildman–Crippen LogP) is 3.88. The summed E-state index contributed by atoms with van der Waals surface area (Å²) in [6, 6.07) is 6.81. The van der Waals surface area contributed by atoms with Crippen molar-refractivity contribution < 1.29 is 9.59 Å².